The van der Waals surface area contributed by atoms with Crippen LogP contribution in [0, 0.1) is 0 Å². The van der Waals surface area contributed by atoms with Crippen LogP contribution in [0.5, 0.6) is 11.5 Å². The summed E-state index contributed by atoms with van der Waals surface area (Å²) in [5, 5.41) is 11.5. The maximum absolute atomic E-state index is 13.9. The van der Waals surface area contributed by atoms with Gasteiger partial charge in [0.1, 0.15) is 19.0 Å². The molecule has 3 heterocycles. The smallest absolute Gasteiger partial charge is 0.296 e. The van der Waals surface area contributed by atoms with Gasteiger partial charge in [0.15, 0.2) is 17.0 Å². The van der Waals surface area contributed by atoms with E-state index in [2.05, 4.69) is 0 Å². The highest BCUT2D eigenvalue weighted by Gasteiger charge is 2.66. The van der Waals surface area contributed by atoms with Crippen molar-refractivity contribution in [2.75, 3.05) is 52.3 Å². The number of anilines is 1. The van der Waals surface area contributed by atoms with Crippen molar-refractivity contribution in [3.05, 3.63) is 59.2 Å². The van der Waals surface area contributed by atoms with E-state index in [1.54, 1.807) is 49.5 Å². The second-order valence-electron chi connectivity index (χ2n) is 8.76. The predicted octanol–water partition coefficient (Wildman–Crippen LogP) is 1.57. The number of nitrogens with zero attached hydrogens (tertiary/aromatic N) is 3. The van der Waals surface area contributed by atoms with Gasteiger partial charge in [0.05, 0.1) is 5.57 Å². The van der Waals surface area contributed by atoms with Crippen molar-refractivity contribution in [1.29, 1.82) is 0 Å². The molecule has 0 aromatic heterocycles. The largest absolute Gasteiger partial charge is 0.507 e. The molecule has 1 N–H and O–H groups in total. The first kappa shape index (κ1) is 22.0. The minimum absolute atomic E-state index is 0.128. The number of ether oxygens (including phenoxy) is 2. The third kappa shape index (κ3) is 2.93. The summed E-state index contributed by atoms with van der Waals surface area (Å²) >= 11 is 0. The number of amides is 2. The number of hydrogen-bond donors (Lipinski definition) is 1. The average Bonchev–Trinajstić information content (AvgIpc) is 3.20. The van der Waals surface area contributed by atoms with Crippen LogP contribution in [0.3, 0.4) is 0 Å². The molecule has 9 nitrogen and oxygen atoms in total. The first-order chi connectivity index (χ1) is 16.3. The standard InChI is InChI=1S/C25H25N3O6/c1-26(2)10-11-28-23(31)22(30)20(21(29)15-8-9-18-19(14-15)34-13-12-33-18)25(28)16-6-4-5-7-17(16)27(3)24(25)32/h4-9,14,29H,10-13H2,1-3H3/t25-/m1/s1. The molecule has 2 aromatic carbocycles. The number of likely N-dealkylation sites (tertiary alicyclic amines) is 1. The molecule has 34 heavy (non-hydrogen) atoms. The van der Waals surface area contributed by atoms with Crippen LogP contribution in [-0.2, 0) is 19.9 Å². The highest BCUT2D eigenvalue weighted by atomic mass is 16.6. The lowest BCUT2D eigenvalue weighted by Gasteiger charge is -2.34. The van der Waals surface area contributed by atoms with E-state index in [0.29, 0.717) is 42.5 Å². The van der Waals surface area contributed by atoms with Gasteiger partial charge in [0.2, 0.25) is 0 Å². The lowest BCUT2D eigenvalue weighted by Crippen LogP contribution is -2.52. The van der Waals surface area contributed by atoms with Crippen molar-refractivity contribution in [3.63, 3.8) is 0 Å². The molecule has 2 aromatic rings. The Morgan fingerprint density at radius 1 is 1.06 bits per heavy atom. The first-order valence-corrected chi connectivity index (χ1v) is 11.0. The van der Waals surface area contributed by atoms with Crippen LogP contribution in [-0.4, -0.2) is 80.0 Å². The number of para-hydroxylation sites is 1. The third-order valence-corrected chi connectivity index (χ3v) is 6.53. The van der Waals surface area contributed by atoms with Gasteiger partial charge in [-0.15, -0.1) is 0 Å². The van der Waals surface area contributed by atoms with Gasteiger partial charge in [-0.3, -0.25) is 14.4 Å². The molecule has 9 heteroatoms. The monoisotopic (exact) mass is 463 g/mol. The Morgan fingerprint density at radius 3 is 2.50 bits per heavy atom. The van der Waals surface area contributed by atoms with Gasteiger partial charge in [-0.2, -0.15) is 0 Å². The molecule has 0 unspecified atom stereocenters. The number of Topliss-reactive ketones (excluding diaryl/α,β-unsaturated/α-hetero) is 1. The van der Waals surface area contributed by atoms with Gasteiger partial charge in [0, 0.05) is 37.0 Å². The highest BCUT2D eigenvalue weighted by Crippen LogP contribution is 2.53. The van der Waals surface area contributed by atoms with Crippen LogP contribution >= 0.6 is 0 Å². The molecular weight excluding hydrogens is 438 g/mol. The van der Waals surface area contributed by atoms with Crippen LogP contribution in [0.15, 0.2) is 48.0 Å². The summed E-state index contributed by atoms with van der Waals surface area (Å²) in [7, 11) is 5.29. The summed E-state index contributed by atoms with van der Waals surface area (Å²) < 4.78 is 11.2. The van der Waals surface area contributed by atoms with Gasteiger partial charge in [0.25, 0.3) is 17.6 Å². The Morgan fingerprint density at radius 2 is 1.76 bits per heavy atom. The van der Waals surface area contributed by atoms with E-state index in [1.807, 2.05) is 19.0 Å². The number of benzene rings is 2. The van der Waals surface area contributed by atoms with Gasteiger partial charge < -0.3 is 29.3 Å². The van der Waals surface area contributed by atoms with Gasteiger partial charge in [-0.05, 0) is 38.4 Å². The second-order valence-corrected chi connectivity index (χ2v) is 8.76. The molecule has 3 aliphatic heterocycles. The molecule has 0 saturated carbocycles. The topological polar surface area (TPSA) is 99.6 Å². The van der Waals surface area contributed by atoms with Gasteiger partial charge in [-0.1, -0.05) is 18.2 Å². The number of aliphatic hydroxyl groups excluding tert-OH is 1. The molecule has 0 aliphatic carbocycles. The number of carbonyl (C=O) groups is 3. The molecular formula is C25H25N3O6. The average molecular weight is 463 g/mol. The van der Waals surface area contributed by atoms with Crippen molar-refractivity contribution in [1.82, 2.24) is 9.80 Å². The fraction of sp³-hybridized carbons (Fsp3) is 0.320. The maximum atomic E-state index is 13.9. The molecule has 5 rings (SSSR count). The number of fused-ring (bicyclic) bond motifs is 3. The second kappa shape index (κ2) is 7.88. The normalized spacial score (nSPS) is 22.8. The lowest BCUT2D eigenvalue weighted by atomic mass is 9.82. The summed E-state index contributed by atoms with van der Waals surface area (Å²) in [6, 6.07) is 11.8. The summed E-state index contributed by atoms with van der Waals surface area (Å²) in [6.45, 7) is 1.32. The Labute approximate surface area is 196 Å². The molecule has 176 valence electrons. The van der Waals surface area contributed by atoms with Crippen LogP contribution in [0.2, 0.25) is 0 Å². The van der Waals surface area contributed by atoms with Crippen LogP contribution in [0.25, 0.3) is 5.76 Å². The third-order valence-electron chi connectivity index (χ3n) is 6.53. The van der Waals surface area contributed by atoms with Crippen molar-refractivity contribution >= 4 is 29.0 Å². The summed E-state index contributed by atoms with van der Waals surface area (Å²) in [6.07, 6.45) is 0. The zero-order valence-electron chi connectivity index (χ0n) is 19.2. The van der Waals surface area contributed by atoms with E-state index < -0.39 is 28.9 Å². The van der Waals surface area contributed by atoms with Gasteiger partial charge >= 0.3 is 0 Å². The maximum Gasteiger partial charge on any atom is 0.296 e. The van der Waals surface area contributed by atoms with Crippen molar-refractivity contribution in [2.45, 2.75) is 5.54 Å². The Bertz CT molecular complexity index is 1250. The molecule has 3 aliphatic rings. The zero-order valence-corrected chi connectivity index (χ0v) is 19.2. The minimum atomic E-state index is -1.76. The fourth-order valence-electron chi connectivity index (χ4n) is 4.91. The number of carbonyl (C=O) groups excluding carboxylic acids is 3. The summed E-state index contributed by atoms with van der Waals surface area (Å²) in [5.74, 6) is -1.68. The van der Waals surface area contributed by atoms with Crippen LogP contribution < -0.4 is 14.4 Å². The number of likely N-dealkylation sites (N-methyl/N-ethyl adjacent to an activating group) is 2. The number of ketones is 1. The quantitative estimate of drug-likeness (QED) is 0.417. The van der Waals surface area contributed by atoms with Gasteiger partial charge in [-0.25, -0.2) is 0 Å². The van der Waals surface area contributed by atoms with E-state index >= 15 is 0 Å². The van der Waals surface area contributed by atoms with E-state index in [4.69, 9.17) is 9.47 Å². The van der Waals surface area contributed by atoms with E-state index in [0.717, 1.165) is 0 Å². The number of aliphatic hydroxyl groups is 1. The van der Waals surface area contributed by atoms with Crippen molar-refractivity contribution in [3.8, 4) is 11.5 Å². The molecule has 1 saturated heterocycles. The van der Waals surface area contributed by atoms with E-state index in [9.17, 15) is 19.5 Å². The number of hydrogen-bond acceptors (Lipinski definition) is 7. The van der Waals surface area contributed by atoms with Crippen LogP contribution in [0.4, 0.5) is 5.69 Å². The van der Waals surface area contributed by atoms with Crippen molar-refractivity contribution < 1.29 is 29.0 Å². The molecule has 0 radical (unpaired) electrons. The van der Waals surface area contributed by atoms with E-state index in [-0.39, 0.29) is 17.7 Å². The zero-order chi connectivity index (χ0) is 24.2. The summed E-state index contributed by atoms with van der Waals surface area (Å²) in [4.78, 5) is 45.2. The first-order valence-electron chi connectivity index (χ1n) is 11.0. The molecule has 1 spiro atoms. The molecule has 1 fully saturated rings. The summed E-state index contributed by atoms with van der Waals surface area (Å²) in [5.41, 5.74) is -0.673. The van der Waals surface area contributed by atoms with E-state index in [1.165, 1.54) is 9.80 Å². The van der Waals surface area contributed by atoms with Crippen LogP contribution in [0.1, 0.15) is 11.1 Å². The number of rotatable bonds is 4. The minimum Gasteiger partial charge on any atom is -0.507 e. The lowest BCUT2D eigenvalue weighted by molar-refractivity contribution is -0.143. The highest BCUT2D eigenvalue weighted by molar-refractivity contribution is 6.50. The molecule has 1 atom stereocenters. The Hall–Kier alpha value is -3.85. The Kier molecular flexibility index (Phi) is 5.09. The van der Waals surface area contributed by atoms with Crippen molar-refractivity contribution in [2.24, 2.45) is 0 Å². The SMILES string of the molecule is CN(C)CCN1C(=O)C(=O)C(=C(O)c2ccc3c(c2)OCCO3)[C@]12C(=O)N(C)c1ccccc12. The Balaban J connectivity index is 1.77. The fourth-order valence-corrected chi connectivity index (χ4v) is 4.91. The molecule has 2 amide bonds. The molecule has 0 bridgehead atoms. The predicted molar refractivity (Wildman–Crippen MR) is 124 cm³/mol.